The fraction of sp³-hybridized carbons (Fsp3) is 0.680. The summed E-state index contributed by atoms with van der Waals surface area (Å²) in [6.45, 7) is 4.35. The Labute approximate surface area is 356 Å². The average molecular weight is 831 g/mol. The van der Waals surface area contributed by atoms with Crippen molar-refractivity contribution in [2.45, 2.75) is 193 Å². The average Bonchev–Trinajstić information content (AvgIpc) is 4.02. The second kappa shape index (κ2) is 19.3. The summed E-state index contributed by atoms with van der Waals surface area (Å²) in [5, 5.41) is 50.3. The van der Waals surface area contributed by atoms with Crippen LogP contribution in [0.2, 0.25) is 0 Å². The van der Waals surface area contributed by atoms with E-state index in [1.807, 2.05) is 0 Å². The molecule has 330 valence electrons. The van der Waals surface area contributed by atoms with Gasteiger partial charge in [-0.3, -0.25) is 19.2 Å². The summed E-state index contributed by atoms with van der Waals surface area (Å²) in [6.07, 6.45) is 21.0. The molecule has 2 aromatic carbocycles. The second-order valence-corrected chi connectivity index (χ2v) is 19.5. The van der Waals surface area contributed by atoms with Crippen molar-refractivity contribution in [3.63, 3.8) is 0 Å². The number of ether oxygens (including phenoxy) is 1. The van der Waals surface area contributed by atoms with E-state index in [0.29, 0.717) is 44.3 Å². The normalized spacial score (nSPS) is 21.3. The number of phenols is 1. The SMILES string of the molecule is Cc1ccc(C)c(CCCCCC2(C(=O)O)CC2Oc2ccc(O)c(CCCCCC3(C(=O)O)CC3)c2CCCCCC2(C(=O)O)CC2)c1CCCCCC1(C(=O)O)CC1. The third-order valence-electron chi connectivity index (χ3n) is 15.2. The maximum Gasteiger partial charge on any atom is 0.313 e. The Morgan fingerprint density at radius 3 is 1.27 bits per heavy atom. The molecule has 0 spiro atoms. The number of benzene rings is 2. The number of aryl methyl sites for hydroxylation is 2. The lowest BCUT2D eigenvalue weighted by molar-refractivity contribution is -0.145. The largest absolute Gasteiger partial charge is 0.508 e. The van der Waals surface area contributed by atoms with Crippen LogP contribution >= 0.6 is 0 Å². The van der Waals surface area contributed by atoms with E-state index >= 15 is 0 Å². The molecule has 2 atom stereocenters. The van der Waals surface area contributed by atoms with Gasteiger partial charge in [0.1, 0.15) is 23.0 Å². The van der Waals surface area contributed by atoms with Crippen LogP contribution in [0.15, 0.2) is 24.3 Å². The number of hydrogen-bond donors (Lipinski definition) is 5. The van der Waals surface area contributed by atoms with Crippen molar-refractivity contribution < 1.29 is 49.4 Å². The molecule has 10 heteroatoms. The van der Waals surface area contributed by atoms with Gasteiger partial charge in [-0.2, -0.15) is 0 Å². The predicted octanol–water partition coefficient (Wildman–Crippen LogP) is 10.9. The first kappa shape index (κ1) is 45.4. The van der Waals surface area contributed by atoms with Crippen molar-refractivity contribution in [3.05, 3.63) is 57.6 Å². The Morgan fingerprint density at radius 2 is 0.883 bits per heavy atom. The third kappa shape index (κ3) is 10.9. The highest BCUT2D eigenvalue weighted by molar-refractivity contribution is 5.80. The minimum atomic E-state index is -0.947. The van der Waals surface area contributed by atoms with Crippen molar-refractivity contribution in [2.75, 3.05) is 0 Å². The highest BCUT2D eigenvalue weighted by Gasteiger charge is 2.62. The van der Waals surface area contributed by atoms with E-state index in [4.69, 9.17) is 4.74 Å². The number of aliphatic carboxylic acids is 4. The first-order valence-electron chi connectivity index (χ1n) is 23.2. The zero-order chi connectivity index (χ0) is 43.1. The fourth-order valence-electron chi connectivity index (χ4n) is 10.0. The molecule has 0 heterocycles. The van der Waals surface area contributed by atoms with Crippen LogP contribution in [0.5, 0.6) is 11.5 Å². The molecule has 0 saturated heterocycles. The summed E-state index contributed by atoms with van der Waals surface area (Å²) >= 11 is 0. The van der Waals surface area contributed by atoms with E-state index < -0.39 is 51.6 Å². The quantitative estimate of drug-likeness (QED) is 0.0476. The van der Waals surface area contributed by atoms with Gasteiger partial charge in [-0.25, -0.2) is 0 Å². The molecule has 2 aromatic rings. The Morgan fingerprint density at radius 1 is 0.500 bits per heavy atom. The molecular weight excluding hydrogens is 761 g/mol. The lowest BCUT2D eigenvalue weighted by atomic mass is 9.89. The van der Waals surface area contributed by atoms with Gasteiger partial charge >= 0.3 is 23.9 Å². The number of phenolic OH excluding ortho intramolecular Hbond substituents is 1. The summed E-state index contributed by atoms with van der Waals surface area (Å²) in [5.41, 5.74) is 4.62. The molecule has 0 aliphatic heterocycles. The molecule has 4 saturated carbocycles. The van der Waals surface area contributed by atoms with Gasteiger partial charge in [0.2, 0.25) is 0 Å². The minimum Gasteiger partial charge on any atom is -0.508 e. The van der Waals surface area contributed by atoms with E-state index in [1.54, 1.807) is 12.1 Å². The predicted molar refractivity (Wildman–Crippen MR) is 230 cm³/mol. The molecule has 5 N–H and O–H groups in total. The smallest absolute Gasteiger partial charge is 0.313 e. The number of carbonyl (C=O) groups is 4. The topological polar surface area (TPSA) is 179 Å². The van der Waals surface area contributed by atoms with E-state index in [9.17, 15) is 44.7 Å². The van der Waals surface area contributed by atoms with Gasteiger partial charge in [0.15, 0.2) is 0 Å². The van der Waals surface area contributed by atoms with E-state index in [-0.39, 0.29) is 5.75 Å². The minimum absolute atomic E-state index is 0.193. The van der Waals surface area contributed by atoms with Crippen LogP contribution in [0, 0.1) is 35.5 Å². The molecule has 6 rings (SSSR count). The summed E-state index contributed by atoms with van der Waals surface area (Å²) in [5.74, 6) is -2.05. The van der Waals surface area contributed by atoms with Crippen molar-refractivity contribution in [2.24, 2.45) is 21.7 Å². The van der Waals surface area contributed by atoms with Crippen LogP contribution in [0.1, 0.15) is 181 Å². The van der Waals surface area contributed by atoms with Crippen molar-refractivity contribution in [1.82, 2.24) is 0 Å². The third-order valence-corrected chi connectivity index (χ3v) is 15.2. The molecule has 0 radical (unpaired) electrons. The lowest BCUT2D eigenvalue weighted by Gasteiger charge is -2.20. The number of hydrogen-bond acceptors (Lipinski definition) is 6. The molecule has 4 aliphatic carbocycles. The molecule has 60 heavy (non-hydrogen) atoms. The number of carboxylic acid groups (broad SMARTS) is 4. The first-order chi connectivity index (χ1) is 28.7. The van der Waals surface area contributed by atoms with Crippen LogP contribution in [0.25, 0.3) is 0 Å². The van der Waals surface area contributed by atoms with Crippen LogP contribution in [-0.2, 0) is 44.9 Å². The van der Waals surface area contributed by atoms with E-state index in [1.165, 1.54) is 22.3 Å². The molecule has 2 unspecified atom stereocenters. The zero-order valence-electron chi connectivity index (χ0n) is 36.3. The standard InChI is InChI=1S/C50H70O10/c1-34-19-20-35(2)37(36(34)15-7-3-11-23-47(27-28-47)43(52)53)16-8-6-14-26-50(46(58)59)33-42(50)60-41-22-21-40(51)38(17-9-4-12-24-48(29-30-48)44(54)55)39(41)18-10-5-13-25-49(31-32-49)45(56)57/h19-22,42,51H,3-18,23-33H2,1-2H3,(H,52,53)(H,54,55)(H,56,57)(H,58,59). The molecule has 4 aliphatic rings. The van der Waals surface area contributed by atoms with Crippen molar-refractivity contribution >= 4 is 23.9 Å². The molecule has 0 bridgehead atoms. The Hall–Kier alpha value is -4.08. The number of aromatic hydroxyl groups is 1. The number of carboxylic acids is 4. The summed E-state index contributed by atoms with van der Waals surface area (Å²) in [6, 6.07) is 7.81. The fourth-order valence-corrected chi connectivity index (χ4v) is 10.0. The first-order valence-corrected chi connectivity index (χ1v) is 23.2. The van der Waals surface area contributed by atoms with Crippen molar-refractivity contribution in [1.29, 1.82) is 0 Å². The Bertz CT molecular complexity index is 1870. The second-order valence-electron chi connectivity index (χ2n) is 19.5. The van der Waals surface area contributed by atoms with Gasteiger partial charge in [0.25, 0.3) is 0 Å². The molecule has 0 aromatic heterocycles. The summed E-state index contributed by atoms with van der Waals surface area (Å²) in [7, 11) is 0. The van der Waals surface area contributed by atoms with Crippen LogP contribution in [0.4, 0.5) is 0 Å². The Balaban J connectivity index is 1.02. The van der Waals surface area contributed by atoms with Crippen LogP contribution in [-0.4, -0.2) is 55.5 Å². The van der Waals surface area contributed by atoms with Crippen LogP contribution < -0.4 is 4.74 Å². The molecular formula is C50H70O10. The Kier molecular flexibility index (Phi) is 14.6. The maximum absolute atomic E-state index is 12.8. The maximum atomic E-state index is 12.8. The monoisotopic (exact) mass is 830 g/mol. The van der Waals surface area contributed by atoms with Gasteiger partial charge in [-0.05, 0) is 164 Å². The highest BCUT2D eigenvalue weighted by atomic mass is 16.5. The lowest BCUT2D eigenvalue weighted by Crippen LogP contribution is -2.22. The zero-order valence-corrected chi connectivity index (χ0v) is 36.3. The van der Waals surface area contributed by atoms with Crippen molar-refractivity contribution in [3.8, 4) is 11.5 Å². The van der Waals surface area contributed by atoms with E-state index in [0.717, 1.165) is 146 Å². The molecule has 0 amide bonds. The molecule has 10 nitrogen and oxygen atoms in total. The summed E-state index contributed by atoms with van der Waals surface area (Å²) < 4.78 is 6.58. The number of rotatable bonds is 30. The highest BCUT2D eigenvalue weighted by Crippen LogP contribution is 2.54. The summed E-state index contributed by atoms with van der Waals surface area (Å²) in [4.78, 5) is 47.7. The van der Waals surface area contributed by atoms with Gasteiger partial charge < -0.3 is 30.3 Å². The van der Waals surface area contributed by atoms with Gasteiger partial charge in [0.05, 0.1) is 16.2 Å². The van der Waals surface area contributed by atoms with E-state index in [2.05, 4.69) is 26.0 Å². The van der Waals surface area contributed by atoms with Gasteiger partial charge in [-0.15, -0.1) is 0 Å². The van der Waals surface area contributed by atoms with Gasteiger partial charge in [0, 0.05) is 17.5 Å². The van der Waals surface area contributed by atoms with Gasteiger partial charge in [-0.1, -0.05) is 63.5 Å². The molecule has 4 fully saturated rings. The van der Waals surface area contributed by atoms with Crippen LogP contribution in [0.3, 0.4) is 0 Å². The number of unbranched alkanes of at least 4 members (excludes halogenated alkanes) is 8.